The molecule has 0 saturated carbocycles. The average Bonchev–Trinajstić information content (AvgIpc) is 2.95. The first-order chi connectivity index (χ1) is 9.48. The predicted molar refractivity (Wildman–Crippen MR) is 80.4 cm³/mol. The van der Waals surface area contributed by atoms with Crippen LogP contribution in [0.5, 0.6) is 0 Å². The van der Waals surface area contributed by atoms with Gasteiger partial charge in [-0.15, -0.1) is 11.3 Å². The molecule has 2 rings (SSSR count). The summed E-state index contributed by atoms with van der Waals surface area (Å²) >= 11 is 1.42. The average molecular weight is 318 g/mol. The van der Waals surface area contributed by atoms with E-state index in [0.29, 0.717) is 11.0 Å². The van der Waals surface area contributed by atoms with Gasteiger partial charge in [0, 0.05) is 30.8 Å². The molecule has 0 aliphatic carbocycles. The molecule has 1 atom stereocenters. The fraction of sp³-hybridized carbons (Fsp3) is 0.769. The van der Waals surface area contributed by atoms with E-state index < -0.39 is 9.84 Å². The molecule has 0 aromatic carbocycles. The Kier molecular flexibility index (Phi) is 5.54. The molecule has 1 aliphatic heterocycles. The second kappa shape index (κ2) is 6.98. The summed E-state index contributed by atoms with van der Waals surface area (Å²) in [4.78, 5) is 6.82. The van der Waals surface area contributed by atoms with Crippen LogP contribution in [-0.2, 0) is 22.1 Å². The molecule has 0 radical (unpaired) electrons. The Hall–Kier alpha value is -0.500. The Bertz CT molecular complexity index is 527. The first kappa shape index (κ1) is 15.9. The molecule has 7 heteroatoms. The molecule has 1 aromatic rings. The smallest absolute Gasteiger partial charge is 0.153 e. The fourth-order valence-electron chi connectivity index (χ4n) is 2.68. The zero-order valence-electron chi connectivity index (χ0n) is 11.8. The molecule has 1 aliphatic rings. The predicted octanol–water partition coefficient (Wildman–Crippen LogP) is 1.42. The van der Waals surface area contributed by atoms with Gasteiger partial charge < -0.3 is 5.11 Å². The minimum absolute atomic E-state index is 0.0333. The van der Waals surface area contributed by atoms with Crippen molar-refractivity contribution in [1.82, 2.24) is 9.88 Å². The van der Waals surface area contributed by atoms with Crippen LogP contribution in [0, 0.1) is 0 Å². The minimum Gasteiger partial charge on any atom is -0.396 e. The molecule has 1 fully saturated rings. The van der Waals surface area contributed by atoms with Crippen LogP contribution in [0.2, 0.25) is 0 Å². The molecule has 2 heterocycles. The summed E-state index contributed by atoms with van der Waals surface area (Å²) in [6.07, 6.45) is 5.48. The second-order valence-corrected chi connectivity index (χ2v) is 8.52. The van der Waals surface area contributed by atoms with Crippen LogP contribution < -0.4 is 0 Å². The van der Waals surface area contributed by atoms with E-state index in [1.54, 1.807) is 0 Å². The third kappa shape index (κ3) is 4.80. The standard InChI is InChI=1S/C13H22N2O3S2/c1-20(17,18)10-13-14-11(9-19-13)8-15-6-2-4-12(15)5-3-7-16/h9,12,16H,2-8,10H2,1H3. The number of likely N-dealkylation sites (tertiary alicyclic amines) is 1. The lowest BCUT2D eigenvalue weighted by Crippen LogP contribution is -2.29. The van der Waals surface area contributed by atoms with Crippen molar-refractivity contribution in [3.05, 3.63) is 16.1 Å². The number of hydrogen-bond donors (Lipinski definition) is 1. The Balaban J connectivity index is 1.92. The molecular weight excluding hydrogens is 296 g/mol. The quantitative estimate of drug-likeness (QED) is 0.823. The molecule has 1 saturated heterocycles. The van der Waals surface area contributed by atoms with Gasteiger partial charge >= 0.3 is 0 Å². The van der Waals surface area contributed by atoms with Gasteiger partial charge in [-0.1, -0.05) is 0 Å². The second-order valence-electron chi connectivity index (χ2n) is 5.44. The number of nitrogens with zero attached hydrogens (tertiary/aromatic N) is 2. The zero-order chi connectivity index (χ0) is 14.6. The topological polar surface area (TPSA) is 70.5 Å². The Morgan fingerprint density at radius 2 is 2.35 bits per heavy atom. The van der Waals surface area contributed by atoms with Gasteiger partial charge in [0.25, 0.3) is 0 Å². The third-order valence-electron chi connectivity index (χ3n) is 3.54. The van der Waals surface area contributed by atoms with Crippen molar-refractivity contribution < 1.29 is 13.5 Å². The van der Waals surface area contributed by atoms with Crippen LogP contribution in [0.3, 0.4) is 0 Å². The van der Waals surface area contributed by atoms with Gasteiger partial charge in [-0.25, -0.2) is 13.4 Å². The summed E-state index contributed by atoms with van der Waals surface area (Å²) in [6.45, 7) is 2.10. The normalized spacial score (nSPS) is 20.6. The summed E-state index contributed by atoms with van der Waals surface area (Å²) in [5.74, 6) is 0.0333. The van der Waals surface area contributed by atoms with Crippen LogP contribution in [0.25, 0.3) is 0 Å². The van der Waals surface area contributed by atoms with E-state index in [2.05, 4.69) is 9.88 Å². The summed E-state index contributed by atoms with van der Waals surface area (Å²) in [7, 11) is -3.01. The first-order valence-electron chi connectivity index (χ1n) is 6.94. The highest BCUT2D eigenvalue weighted by molar-refractivity contribution is 7.90. The SMILES string of the molecule is CS(=O)(=O)Cc1nc(CN2CCCC2CCCO)cs1. The van der Waals surface area contributed by atoms with Crippen molar-refractivity contribution >= 4 is 21.2 Å². The molecular formula is C13H22N2O3S2. The maximum Gasteiger partial charge on any atom is 0.153 e. The van der Waals surface area contributed by atoms with E-state index in [1.165, 1.54) is 30.4 Å². The molecule has 0 bridgehead atoms. The van der Waals surface area contributed by atoms with E-state index in [4.69, 9.17) is 5.11 Å². The van der Waals surface area contributed by atoms with Crippen LogP contribution in [0.1, 0.15) is 36.4 Å². The summed E-state index contributed by atoms with van der Waals surface area (Å²) in [5.41, 5.74) is 0.963. The van der Waals surface area contributed by atoms with Crippen LogP contribution >= 0.6 is 11.3 Å². The van der Waals surface area contributed by atoms with Gasteiger partial charge in [-0.05, 0) is 32.2 Å². The Morgan fingerprint density at radius 3 is 3.05 bits per heavy atom. The van der Waals surface area contributed by atoms with Gasteiger partial charge in [0.1, 0.15) is 10.8 Å². The summed E-state index contributed by atoms with van der Waals surface area (Å²) < 4.78 is 22.5. The number of rotatable bonds is 7. The number of aliphatic hydroxyl groups excluding tert-OH is 1. The summed E-state index contributed by atoms with van der Waals surface area (Å²) in [5, 5.41) is 11.6. The van der Waals surface area contributed by atoms with Crippen LogP contribution in [0.4, 0.5) is 0 Å². The van der Waals surface area contributed by atoms with E-state index in [-0.39, 0.29) is 12.4 Å². The monoisotopic (exact) mass is 318 g/mol. The molecule has 0 amide bonds. The maximum absolute atomic E-state index is 11.3. The van der Waals surface area contributed by atoms with Crippen molar-refractivity contribution in [3.8, 4) is 0 Å². The Morgan fingerprint density at radius 1 is 1.55 bits per heavy atom. The summed E-state index contributed by atoms with van der Waals surface area (Å²) in [6, 6.07) is 0.530. The fourth-order valence-corrected chi connectivity index (χ4v) is 4.67. The largest absolute Gasteiger partial charge is 0.396 e. The minimum atomic E-state index is -3.01. The van der Waals surface area contributed by atoms with Crippen molar-refractivity contribution in [2.45, 2.75) is 44.0 Å². The lowest BCUT2D eigenvalue weighted by Gasteiger charge is -2.23. The molecule has 0 spiro atoms. The van der Waals surface area contributed by atoms with Gasteiger partial charge in [0.05, 0.1) is 5.69 Å². The van der Waals surface area contributed by atoms with E-state index in [1.807, 2.05) is 5.38 Å². The number of aliphatic hydroxyl groups is 1. The molecule has 114 valence electrons. The van der Waals surface area contributed by atoms with Crippen molar-refractivity contribution in [3.63, 3.8) is 0 Å². The number of hydrogen-bond acceptors (Lipinski definition) is 6. The van der Waals surface area contributed by atoms with Gasteiger partial charge in [0.2, 0.25) is 0 Å². The van der Waals surface area contributed by atoms with Crippen LogP contribution in [0.15, 0.2) is 5.38 Å². The number of aromatic nitrogens is 1. The molecule has 5 nitrogen and oxygen atoms in total. The van der Waals surface area contributed by atoms with Crippen LogP contribution in [-0.4, -0.2) is 48.9 Å². The van der Waals surface area contributed by atoms with Crippen molar-refractivity contribution in [2.75, 3.05) is 19.4 Å². The van der Waals surface area contributed by atoms with Crippen molar-refractivity contribution in [2.24, 2.45) is 0 Å². The van der Waals surface area contributed by atoms with E-state index in [9.17, 15) is 8.42 Å². The lowest BCUT2D eigenvalue weighted by molar-refractivity contribution is 0.208. The Labute approximate surface area is 124 Å². The molecule has 20 heavy (non-hydrogen) atoms. The number of sulfone groups is 1. The lowest BCUT2D eigenvalue weighted by atomic mass is 10.1. The highest BCUT2D eigenvalue weighted by atomic mass is 32.2. The molecule has 1 unspecified atom stereocenters. The van der Waals surface area contributed by atoms with Gasteiger partial charge in [0.15, 0.2) is 9.84 Å². The van der Waals surface area contributed by atoms with E-state index >= 15 is 0 Å². The van der Waals surface area contributed by atoms with Gasteiger partial charge in [-0.3, -0.25) is 4.90 Å². The molecule has 1 N–H and O–H groups in total. The number of thiazole rings is 1. The first-order valence-corrected chi connectivity index (χ1v) is 9.88. The van der Waals surface area contributed by atoms with Gasteiger partial charge in [-0.2, -0.15) is 0 Å². The van der Waals surface area contributed by atoms with E-state index in [0.717, 1.165) is 31.6 Å². The maximum atomic E-state index is 11.3. The van der Waals surface area contributed by atoms with Crippen molar-refractivity contribution in [1.29, 1.82) is 0 Å². The molecule has 1 aromatic heterocycles. The highest BCUT2D eigenvalue weighted by Crippen LogP contribution is 2.24. The third-order valence-corrected chi connectivity index (χ3v) is 5.42. The highest BCUT2D eigenvalue weighted by Gasteiger charge is 2.24. The zero-order valence-corrected chi connectivity index (χ0v) is 13.4.